The number of piperidine rings is 1. The molecule has 0 radical (unpaired) electrons. The second-order valence-electron chi connectivity index (χ2n) is 6.37. The van der Waals surface area contributed by atoms with Crippen LogP contribution in [0.5, 0.6) is 0 Å². The van der Waals surface area contributed by atoms with Crippen LogP contribution < -0.4 is 0 Å². The lowest BCUT2D eigenvalue weighted by Crippen LogP contribution is -2.39. The van der Waals surface area contributed by atoms with Crippen molar-refractivity contribution >= 4 is 17.2 Å². The summed E-state index contributed by atoms with van der Waals surface area (Å²) in [5.74, 6) is 2.20. The van der Waals surface area contributed by atoms with E-state index >= 15 is 0 Å². The van der Waals surface area contributed by atoms with Gasteiger partial charge in [-0.25, -0.2) is 4.98 Å². The first-order valence-electron chi connectivity index (χ1n) is 8.37. The molecule has 4 rings (SSSR count). The Balaban J connectivity index is 1.50. The number of hydrogen-bond acceptors (Lipinski definition) is 5. The zero-order valence-electron chi connectivity index (χ0n) is 14.1. The molecule has 0 spiro atoms. The van der Waals surface area contributed by atoms with E-state index in [-0.39, 0.29) is 11.8 Å². The molecule has 0 bridgehead atoms. The highest BCUT2D eigenvalue weighted by atomic mass is 32.1. The van der Waals surface area contributed by atoms with Gasteiger partial charge in [-0.05, 0) is 24.3 Å². The Kier molecular flexibility index (Phi) is 4.35. The van der Waals surface area contributed by atoms with Crippen LogP contribution in [0.15, 0.2) is 35.5 Å². The van der Waals surface area contributed by atoms with Crippen LogP contribution in [-0.4, -0.2) is 48.2 Å². The fraction of sp³-hybridized carbons (Fsp3) is 0.412. The van der Waals surface area contributed by atoms with Crippen LogP contribution in [-0.2, 0) is 13.6 Å². The maximum Gasteiger partial charge on any atom is 0.254 e. The molecule has 130 valence electrons. The van der Waals surface area contributed by atoms with Crippen molar-refractivity contribution in [1.82, 2.24) is 29.2 Å². The van der Waals surface area contributed by atoms with Gasteiger partial charge in [0.2, 0.25) is 0 Å². The first-order valence-corrected chi connectivity index (χ1v) is 9.32. The molecule has 0 aromatic carbocycles. The van der Waals surface area contributed by atoms with Crippen molar-refractivity contribution in [2.45, 2.75) is 25.3 Å². The molecule has 1 aliphatic rings. The molecule has 0 unspecified atom stereocenters. The number of likely N-dealkylation sites (tertiary alicyclic amines) is 1. The van der Waals surface area contributed by atoms with Gasteiger partial charge in [0.05, 0.1) is 18.4 Å². The van der Waals surface area contributed by atoms with Crippen molar-refractivity contribution in [2.24, 2.45) is 7.05 Å². The second-order valence-corrected chi connectivity index (χ2v) is 7.15. The van der Waals surface area contributed by atoms with Gasteiger partial charge in [0.1, 0.15) is 5.82 Å². The molecule has 3 aromatic rings. The Morgan fingerprint density at radius 3 is 3.08 bits per heavy atom. The van der Waals surface area contributed by atoms with E-state index in [2.05, 4.69) is 19.7 Å². The lowest BCUT2D eigenvalue weighted by Gasteiger charge is -2.32. The van der Waals surface area contributed by atoms with E-state index in [0.29, 0.717) is 13.1 Å². The number of imidazole rings is 1. The van der Waals surface area contributed by atoms with Gasteiger partial charge in [0.15, 0.2) is 5.82 Å². The predicted octanol–water partition coefficient (Wildman–Crippen LogP) is 2.14. The SMILES string of the molecule is Cn1c(Cn2ccnc2)nnc1[C@H]1CCCN(C(=O)c2ccsc2)C1. The third-order valence-electron chi connectivity index (χ3n) is 4.72. The number of carbonyl (C=O) groups is 1. The van der Waals surface area contributed by atoms with Gasteiger partial charge in [0.25, 0.3) is 5.91 Å². The molecular weight excluding hydrogens is 336 g/mol. The van der Waals surface area contributed by atoms with Gasteiger partial charge < -0.3 is 14.0 Å². The number of nitrogens with zero attached hydrogens (tertiary/aromatic N) is 6. The zero-order chi connectivity index (χ0) is 17.2. The van der Waals surface area contributed by atoms with E-state index in [9.17, 15) is 4.79 Å². The van der Waals surface area contributed by atoms with Crippen molar-refractivity contribution in [1.29, 1.82) is 0 Å². The molecular formula is C17H20N6OS. The van der Waals surface area contributed by atoms with Crippen molar-refractivity contribution in [2.75, 3.05) is 13.1 Å². The molecule has 0 aliphatic carbocycles. The predicted molar refractivity (Wildman–Crippen MR) is 94.5 cm³/mol. The quantitative estimate of drug-likeness (QED) is 0.718. The van der Waals surface area contributed by atoms with Crippen LogP contribution in [0.3, 0.4) is 0 Å². The van der Waals surface area contributed by atoms with Gasteiger partial charge >= 0.3 is 0 Å². The maximum absolute atomic E-state index is 12.6. The van der Waals surface area contributed by atoms with E-state index in [1.54, 1.807) is 23.9 Å². The third-order valence-corrected chi connectivity index (χ3v) is 5.41. The van der Waals surface area contributed by atoms with Crippen molar-refractivity contribution < 1.29 is 4.79 Å². The molecule has 7 nitrogen and oxygen atoms in total. The van der Waals surface area contributed by atoms with Gasteiger partial charge in [-0.2, -0.15) is 11.3 Å². The summed E-state index contributed by atoms with van der Waals surface area (Å²) >= 11 is 1.56. The lowest BCUT2D eigenvalue weighted by molar-refractivity contribution is 0.0704. The van der Waals surface area contributed by atoms with Crippen molar-refractivity contribution in [3.05, 3.63) is 52.8 Å². The lowest BCUT2D eigenvalue weighted by atomic mass is 9.96. The monoisotopic (exact) mass is 356 g/mol. The average Bonchev–Trinajstić information content (AvgIpc) is 3.38. The average molecular weight is 356 g/mol. The first-order chi connectivity index (χ1) is 12.2. The molecule has 8 heteroatoms. The van der Waals surface area contributed by atoms with Gasteiger partial charge in [-0.1, -0.05) is 0 Å². The highest BCUT2D eigenvalue weighted by Crippen LogP contribution is 2.27. The molecule has 4 heterocycles. The Hall–Kier alpha value is -2.48. The minimum absolute atomic E-state index is 0.117. The number of aromatic nitrogens is 5. The number of hydrogen-bond donors (Lipinski definition) is 0. The first kappa shape index (κ1) is 16.0. The summed E-state index contributed by atoms with van der Waals surface area (Å²) in [6, 6.07) is 1.89. The summed E-state index contributed by atoms with van der Waals surface area (Å²) < 4.78 is 4.03. The Labute approximate surface area is 149 Å². The van der Waals surface area contributed by atoms with E-state index in [1.807, 2.05) is 39.5 Å². The van der Waals surface area contributed by atoms with Crippen LogP contribution in [0, 0.1) is 0 Å². The molecule has 0 N–H and O–H groups in total. The molecule has 25 heavy (non-hydrogen) atoms. The zero-order valence-corrected chi connectivity index (χ0v) is 14.9. The van der Waals surface area contributed by atoms with Crippen LogP contribution in [0.4, 0.5) is 0 Å². The van der Waals surface area contributed by atoms with Gasteiger partial charge in [-0.15, -0.1) is 10.2 Å². The van der Waals surface area contributed by atoms with E-state index in [0.717, 1.165) is 36.6 Å². The number of rotatable bonds is 4. The number of amides is 1. The van der Waals surface area contributed by atoms with E-state index in [4.69, 9.17) is 0 Å². The summed E-state index contributed by atoms with van der Waals surface area (Å²) in [5.41, 5.74) is 0.782. The minimum atomic E-state index is 0.117. The number of carbonyl (C=O) groups excluding carboxylic acids is 1. The van der Waals surface area contributed by atoms with Crippen molar-refractivity contribution in [3.63, 3.8) is 0 Å². The van der Waals surface area contributed by atoms with Crippen LogP contribution in [0.25, 0.3) is 0 Å². The Bertz CT molecular complexity index is 839. The summed E-state index contributed by atoms with van der Waals surface area (Å²) in [4.78, 5) is 18.6. The third kappa shape index (κ3) is 3.21. The van der Waals surface area contributed by atoms with Crippen LogP contribution in [0.2, 0.25) is 0 Å². The highest BCUT2D eigenvalue weighted by molar-refractivity contribution is 7.08. The molecule has 1 aliphatic heterocycles. The van der Waals surface area contributed by atoms with E-state index in [1.165, 1.54) is 0 Å². The molecule has 1 saturated heterocycles. The summed E-state index contributed by atoms with van der Waals surface area (Å²) in [6.45, 7) is 2.16. The van der Waals surface area contributed by atoms with E-state index < -0.39 is 0 Å². The fourth-order valence-electron chi connectivity index (χ4n) is 3.35. The second kappa shape index (κ2) is 6.79. The smallest absolute Gasteiger partial charge is 0.254 e. The summed E-state index contributed by atoms with van der Waals surface area (Å²) in [7, 11) is 2.00. The Morgan fingerprint density at radius 1 is 1.40 bits per heavy atom. The molecule has 3 aromatic heterocycles. The maximum atomic E-state index is 12.6. The topological polar surface area (TPSA) is 68.8 Å². The van der Waals surface area contributed by atoms with Gasteiger partial charge in [-0.3, -0.25) is 4.79 Å². The fourth-order valence-corrected chi connectivity index (χ4v) is 3.98. The Morgan fingerprint density at radius 2 is 2.32 bits per heavy atom. The minimum Gasteiger partial charge on any atom is -0.338 e. The summed E-state index contributed by atoms with van der Waals surface area (Å²) in [6.07, 6.45) is 7.47. The largest absolute Gasteiger partial charge is 0.338 e. The molecule has 0 saturated carbocycles. The standard InChI is InChI=1S/C17H20N6OS/c1-21-15(10-22-7-5-18-12-22)19-20-16(21)13-3-2-6-23(9-13)17(24)14-4-8-25-11-14/h4-5,7-8,11-13H,2-3,6,9-10H2,1H3/t13-/m0/s1. The highest BCUT2D eigenvalue weighted by Gasteiger charge is 2.29. The summed E-state index contributed by atoms with van der Waals surface area (Å²) in [5, 5.41) is 12.6. The normalized spacial score (nSPS) is 17.8. The van der Waals surface area contributed by atoms with Crippen molar-refractivity contribution in [3.8, 4) is 0 Å². The molecule has 1 amide bonds. The van der Waals surface area contributed by atoms with Crippen LogP contribution in [0.1, 0.15) is 40.8 Å². The molecule has 1 atom stereocenters. The number of thiophene rings is 1. The van der Waals surface area contributed by atoms with Crippen LogP contribution >= 0.6 is 11.3 Å². The molecule has 1 fully saturated rings. The van der Waals surface area contributed by atoms with Gasteiger partial charge in [0, 0.05) is 43.8 Å².